The molecule has 3 nitrogen and oxygen atoms in total. The minimum absolute atomic E-state index is 0.162. The van der Waals surface area contributed by atoms with Gasteiger partial charge in [-0.1, -0.05) is 32.0 Å². The Morgan fingerprint density at radius 3 is 2.22 bits per heavy atom. The normalized spacial score (nSPS) is 15.8. The Morgan fingerprint density at radius 2 is 1.72 bits per heavy atom. The Hall–Kier alpha value is -1.35. The standard InChI is InChI=1S/C13H18N2O.C2H6/c1-14-12-7-9-15(10-8-12)13(16)11-5-3-2-4-6-11;1-2/h2-6,12,14H,7-10H2,1H3;1-2H3. The monoisotopic (exact) mass is 248 g/mol. The van der Waals surface area contributed by atoms with Gasteiger partial charge in [-0.3, -0.25) is 4.79 Å². The summed E-state index contributed by atoms with van der Waals surface area (Å²) in [5.74, 6) is 0.162. The van der Waals surface area contributed by atoms with Crippen LogP contribution >= 0.6 is 0 Å². The highest BCUT2D eigenvalue weighted by Crippen LogP contribution is 2.13. The van der Waals surface area contributed by atoms with Gasteiger partial charge in [0.25, 0.3) is 5.91 Å². The first-order valence-electron chi connectivity index (χ1n) is 6.83. The van der Waals surface area contributed by atoms with E-state index < -0.39 is 0 Å². The number of piperidine rings is 1. The summed E-state index contributed by atoms with van der Waals surface area (Å²) in [4.78, 5) is 14.0. The summed E-state index contributed by atoms with van der Waals surface area (Å²) < 4.78 is 0. The molecule has 0 spiro atoms. The summed E-state index contributed by atoms with van der Waals surface area (Å²) in [7, 11) is 1.99. The van der Waals surface area contributed by atoms with Crippen LogP contribution < -0.4 is 5.32 Å². The number of carbonyl (C=O) groups is 1. The van der Waals surface area contributed by atoms with Crippen molar-refractivity contribution >= 4 is 5.91 Å². The van der Waals surface area contributed by atoms with Crippen LogP contribution in [0, 0.1) is 0 Å². The Morgan fingerprint density at radius 1 is 1.17 bits per heavy atom. The summed E-state index contributed by atoms with van der Waals surface area (Å²) in [5, 5.41) is 3.27. The summed E-state index contributed by atoms with van der Waals surface area (Å²) in [5.41, 5.74) is 0.797. The maximum atomic E-state index is 12.1. The molecule has 1 aromatic carbocycles. The second-order valence-electron chi connectivity index (χ2n) is 4.22. The van der Waals surface area contributed by atoms with Gasteiger partial charge >= 0.3 is 0 Å². The van der Waals surface area contributed by atoms with E-state index in [2.05, 4.69) is 5.32 Å². The fraction of sp³-hybridized carbons (Fsp3) is 0.533. The fourth-order valence-corrected chi connectivity index (χ4v) is 2.13. The van der Waals surface area contributed by atoms with Gasteiger partial charge in [0.05, 0.1) is 0 Å². The second kappa shape index (κ2) is 7.88. The lowest BCUT2D eigenvalue weighted by Crippen LogP contribution is -2.43. The molecule has 0 bridgehead atoms. The van der Waals surface area contributed by atoms with Crippen LogP contribution in [0.15, 0.2) is 30.3 Å². The molecule has 100 valence electrons. The van der Waals surface area contributed by atoms with E-state index in [4.69, 9.17) is 0 Å². The Bertz CT molecular complexity index is 343. The van der Waals surface area contributed by atoms with Crippen molar-refractivity contribution in [3.8, 4) is 0 Å². The van der Waals surface area contributed by atoms with Crippen LogP contribution in [0.3, 0.4) is 0 Å². The van der Waals surface area contributed by atoms with E-state index in [0.29, 0.717) is 6.04 Å². The van der Waals surface area contributed by atoms with E-state index in [1.54, 1.807) is 0 Å². The fourth-order valence-electron chi connectivity index (χ4n) is 2.13. The van der Waals surface area contributed by atoms with Crippen molar-refractivity contribution < 1.29 is 4.79 Å². The molecule has 0 atom stereocenters. The molecule has 0 aromatic heterocycles. The number of carbonyl (C=O) groups excluding carboxylic acids is 1. The van der Waals surface area contributed by atoms with Crippen LogP contribution in [0.5, 0.6) is 0 Å². The van der Waals surface area contributed by atoms with Gasteiger partial charge in [-0.2, -0.15) is 0 Å². The van der Waals surface area contributed by atoms with E-state index in [-0.39, 0.29) is 5.91 Å². The van der Waals surface area contributed by atoms with Crippen molar-refractivity contribution in [3.63, 3.8) is 0 Å². The third-order valence-electron chi connectivity index (χ3n) is 3.21. The van der Waals surface area contributed by atoms with E-state index in [0.717, 1.165) is 31.5 Å². The molecular formula is C15H24N2O. The van der Waals surface area contributed by atoms with Gasteiger partial charge < -0.3 is 10.2 Å². The van der Waals surface area contributed by atoms with Crippen molar-refractivity contribution in [1.82, 2.24) is 10.2 Å². The van der Waals surface area contributed by atoms with Gasteiger partial charge in [-0.05, 0) is 32.0 Å². The highest BCUT2D eigenvalue weighted by Gasteiger charge is 2.22. The quantitative estimate of drug-likeness (QED) is 0.872. The third kappa shape index (κ3) is 3.84. The highest BCUT2D eigenvalue weighted by molar-refractivity contribution is 5.94. The second-order valence-corrected chi connectivity index (χ2v) is 4.22. The maximum absolute atomic E-state index is 12.1. The molecule has 1 heterocycles. The van der Waals surface area contributed by atoms with Gasteiger partial charge in [0.1, 0.15) is 0 Å². The summed E-state index contributed by atoms with van der Waals surface area (Å²) in [6.07, 6.45) is 2.10. The van der Waals surface area contributed by atoms with Crippen molar-refractivity contribution in [2.45, 2.75) is 32.7 Å². The summed E-state index contributed by atoms with van der Waals surface area (Å²) >= 11 is 0. The van der Waals surface area contributed by atoms with E-state index in [9.17, 15) is 4.79 Å². The molecule has 1 amide bonds. The summed E-state index contributed by atoms with van der Waals surface area (Å²) in [6, 6.07) is 10.1. The first-order valence-corrected chi connectivity index (χ1v) is 6.83. The van der Waals surface area contributed by atoms with Gasteiger partial charge in [0, 0.05) is 24.7 Å². The lowest BCUT2D eigenvalue weighted by atomic mass is 10.0. The first kappa shape index (κ1) is 14.7. The number of hydrogen-bond donors (Lipinski definition) is 1. The van der Waals surface area contributed by atoms with E-state index >= 15 is 0 Å². The number of amides is 1. The molecule has 0 saturated carbocycles. The van der Waals surface area contributed by atoms with Gasteiger partial charge in [-0.25, -0.2) is 0 Å². The summed E-state index contributed by atoms with van der Waals surface area (Å²) in [6.45, 7) is 5.72. The molecule has 2 rings (SSSR count). The van der Waals surface area contributed by atoms with Crippen LogP contribution in [0.2, 0.25) is 0 Å². The topological polar surface area (TPSA) is 32.3 Å². The van der Waals surface area contributed by atoms with E-state index in [1.165, 1.54) is 0 Å². The first-order chi connectivity index (χ1) is 8.81. The van der Waals surface area contributed by atoms with Crippen molar-refractivity contribution in [2.75, 3.05) is 20.1 Å². The Labute approximate surface area is 110 Å². The lowest BCUT2D eigenvalue weighted by Gasteiger charge is -2.31. The molecule has 3 heteroatoms. The zero-order valence-electron chi connectivity index (χ0n) is 11.6. The minimum atomic E-state index is 0.162. The largest absolute Gasteiger partial charge is 0.339 e. The number of nitrogens with one attached hydrogen (secondary N) is 1. The predicted molar refractivity (Wildman–Crippen MR) is 75.8 cm³/mol. The van der Waals surface area contributed by atoms with Gasteiger partial charge in [-0.15, -0.1) is 0 Å². The molecule has 1 aliphatic rings. The van der Waals surface area contributed by atoms with Crippen molar-refractivity contribution in [2.24, 2.45) is 0 Å². The highest BCUT2D eigenvalue weighted by atomic mass is 16.2. The molecule has 1 aliphatic heterocycles. The smallest absolute Gasteiger partial charge is 0.253 e. The van der Waals surface area contributed by atoms with Crippen LogP contribution in [0.4, 0.5) is 0 Å². The zero-order valence-corrected chi connectivity index (χ0v) is 11.6. The number of nitrogens with zero attached hydrogens (tertiary/aromatic N) is 1. The average Bonchev–Trinajstić information content (AvgIpc) is 2.49. The molecule has 0 aliphatic carbocycles. The number of benzene rings is 1. The van der Waals surface area contributed by atoms with Crippen molar-refractivity contribution in [1.29, 1.82) is 0 Å². The lowest BCUT2D eigenvalue weighted by molar-refractivity contribution is 0.0707. The van der Waals surface area contributed by atoms with Gasteiger partial charge in [0.2, 0.25) is 0 Å². The molecule has 18 heavy (non-hydrogen) atoms. The van der Waals surface area contributed by atoms with E-state index in [1.807, 2.05) is 56.1 Å². The molecule has 0 radical (unpaired) electrons. The molecule has 1 N–H and O–H groups in total. The molecule has 1 aromatic rings. The zero-order chi connectivity index (χ0) is 13.4. The average molecular weight is 248 g/mol. The molecule has 1 fully saturated rings. The molecule has 0 unspecified atom stereocenters. The molecule has 1 saturated heterocycles. The SMILES string of the molecule is CC.CNC1CCN(C(=O)c2ccccc2)CC1. The number of hydrogen-bond acceptors (Lipinski definition) is 2. The third-order valence-corrected chi connectivity index (χ3v) is 3.21. The number of likely N-dealkylation sites (tertiary alicyclic amines) is 1. The van der Waals surface area contributed by atoms with Crippen molar-refractivity contribution in [3.05, 3.63) is 35.9 Å². The molecular weight excluding hydrogens is 224 g/mol. The Balaban J connectivity index is 0.000000771. The number of rotatable bonds is 2. The Kier molecular flexibility index (Phi) is 6.44. The van der Waals surface area contributed by atoms with Crippen LogP contribution in [-0.4, -0.2) is 37.0 Å². The van der Waals surface area contributed by atoms with Crippen LogP contribution in [0.25, 0.3) is 0 Å². The van der Waals surface area contributed by atoms with Crippen LogP contribution in [0.1, 0.15) is 37.0 Å². The van der Waals surface area contributed by atoms with Crippen LogP contribution in [-0.2, 0) is 0 Å². The predicted octanol–water partition coefficient (Wildman–Crippen LogP) is 2.54. The maximum Gasteiger partial charge on any atom is 0.253 e. The van der Waals surface area contributed by atoms with Gasteiger partial charge in [0.15, 0.2) is 0 Å². The minimum Gasteiger partial charge on any atom is -0.339 e.